The van der Waals surface area contributed by atoms with Crippen LogP contribution in [0.4, 0.5) is 11.4 Å². The van der Waals surface area contributed by atoms with E-state index >= 15 is 0 Å². The predicted molar refractivity (Wildman–Crippen MR) is 118 cm³/mol. The van der Waals surface area contributed by atoms with Gasteiger partial charge in [0.05, 0.1) is 18.0 Å². The van der Waals surface area contributed by atoms with Crippen LogP contribution in [0.25, 0.3) is 6.08 Å². The Hall–Kier alpha value is -3.66. The molecule has 0 bridgehead atoms. The zero-order chi connectivity index (χ0) is 22.4. The Labute approximate surface area is 180 Å². The van der Waals surface area contributed by atoms with Gasteiger partial charge in [-0.05, 0) is 54.5 Å². The van der Waals surface area contributed by atoms with Crippen molar-refractivity contribution in [2.45, 2.75) is 6.42 Å². The highest BCUT2D eigenvalue weighted by Crippen LogP contribution is 2.24. The van der Waals surface area contributed by atoms with E-state index in [-0.39, 0.29) is 18.2 Å². The molecule has 1 aliphatic rings. The van der Waals surface area contributed by atoms with Gasteiger partial charge in [0.25, 0.3) is 5.91 Å². The first kappa shape index (κ1) is 22.0. The van der Waals surface area contributed by atoms with Crippen LogP contribution < -0.4 is 20.7 Å². The van der Waals surface area contributed by atoms with Crippen LogP contribution in [0.1, 0.15) is 22.3 Å². The van der Waals surface area contributed by atoms with Crippen LogP contribution in [0, 0.1) is 0 Å². The molecule has 0 radical (unpaired) electrons. The molecule has 1 aliphatic heterocycles. The van der Waals surface area contributed by atoms with Gasteiger partial charge in [-0.15, -0.1) is 0 Å². The highest BCUT2D eigenvalue weighted by molar-refractivity contribution is 7.93. The lowest BCUT2D eigenvalue weighted by atomic mass is 10.2. The van der Waals surface area contributed by atoms with Crippen molar-refractivity contribution in [2.75, 3.05) is 28.5 Å². The van der Waals surface area contributed by atoms with E-state index in [9.17, 15) is 22.8 Å². The van der Waals surface area contributed by atoms with Crippen LogP contribution in [-0.2, 0) is 19.6 Å². The lowest BCUT2D eigenvalue weighted by molar-refractivity contribution is -0.117. The maximum atomic E-state index is 12.1. The average Bonchev–Trinajstić information content (AvgIpc) is 3.10. The number of anilines is 2. The first-order valence-electron chi connectivity index (χ1n) is 9.51. The van der Waals surface area contributed by atoms with E-state index in [0.29, 0.717) is 29.9 Å². The average molecular weight is 442 g/mol. The van der Waals surface area contributed by atoms with Crippen molar-refractivity contribution in [1.82, 2.24) is 5.32 Å². The van der Waals surface area contributed by atoms with Crippen LogP contribution in [0.15, 0.2) is 54.6 Å². The number of carbonyl (C=O) groups excluding carboxylic acids is 3. The summed E-state index contributed by atoms with van der Waals surface area (Å²) in [5.41, 5.74) is 7.16. The summed E-state index contributed by atoms with van der Waals surface area (Å²) in [6, 6.07) is 13.1. The maximum absolute atomic E-state index is 12.1. The van der Waals surface area contributed by atoms with Gasteiger partial charge in [-0.25, -0.2) is 8.42 Å². The van der Waals surface area contributed by atoms with Crippen LogP contribution in [-0.4, -0.2) is 45.0 Å². The standard InChI is InChI=1S/C21H22N4O5S/c22-19(26)14-23-21(28)16-5-7-17(8-6-16)24-20(27)11-4-15-2-9-18(10-3-15)25-12-1-13-31(25,29)30/h2-11H,1,12-14H2,(H2,22,26)(H,23,28)(H,24,27)/b11-4+. The van der Waals surface area contributed by atoms with Gasteiger partial charge in [-0.3, -0.25) is 18.7 Å². The fourth-order valence-corrected chi connectivity index (χ4v) is 4.58. The molecule has 0 saturated carbocycles. The number of nitrogens with one attached hydrogen (secondary N) is 2. The van der Waals surface area contributed by atoms with Gasteiger partial charge in [0, 0.05) is 23.9 Å². The Morgan fingerprint density at radius 2 is 1.71 bits per heavy atom. The molecule has 2 aromatic rings. The molecule has 3 rings (SSSR count). The summed E-state index contributed by atoms with van der Waals surface area (Å²) in [4.78, 5) is 34.7. The number of nitrogens with zero attached hydrogens (tertiary/aromatic N) is 1. The summed E-state index contributed by atoms with van der Waals surface area (Å²) < 4.78 is 25.3. The molecule has 1 heterocycles. The van der Waals surface area contributed by atoms with E-state index in [4.69, 9.17) is 5.73 Å². The first-order valence-corrected chi connectivity index (χ1v) is 11.1. The van der Waals surface area contributed by atoms with Crippen molar-refractivity contribution in [3.05, 3.63) is 65.7 Å². The van der Waals surface area contributed by atoms with Gasteiger partial charge >= 0.3 is 0 Å². The lowest BCUT2D eigenvalue weighted by Crippen LogP contribution is -2.33. The molecule has 2 aromatic carbocycles. The summed E-state index contributed by atoms with van der Waals surface area (Å²) >= 11 is 0. The van der Waals surface area contributed by atoms with E-state index in [1.807, 2.05) is 0 Å². The van der Waals surface area contributed by atoms with Gasteiger partial charge in [0.1, 0.15) is 0 Å². The molecule has 1 fully saturated rings. The molecule has 10 heteroatoms. The van der Waals surface area contributed by atoms with Crippen LogP contribution >= 0.6 is 0 Å². The Kier molecular flexibility index (Phi) is 6.71. The van der Waals surface area contributed by atoms with Gasteiger partial charge in [-0.2, -0.15) is 0 Å². The minimum absolute atomic E-state index is 0.161. The van der Waals surface area contributed by atoms with Gasteiger partial charge in [0.15, 0.2) is 0 Å². The summed E-state index contributed by atoms with van der Waals surface area (Å²) in [6.07, 6.45) is 3.58. The fraction of sp³-hybridized carbons (Fsp3) is 0.190. The third kappa shape index (κ3) is 5.92. The van der Waals surface area contributed by atoms with Crippen molar-refractivity contribution in [2.24, 2.45) is 5.73 Å². The number of hydrogen-bond donors (Lipinski definition) is 3. The SMILES string of the molecule is NC(=O)CNC(=O)c1ccc(NC(=O)/C=C/c2ccc(N3CCCS3(=O)=O)cc2)cc1. The zero-order valence-corrected chi connectivity index (χ0v) is 17.4. The van der Waals surface area contributed by atoms with Gasteiger partial charge < -0.3 is 16.4 Å². The molecular formula is C21H22N4O5S. The second-order valence-corrected chi connectivity index (χ2v) is 8.90. The van der Waals surface area contributed by atoms with Crippen molar-refractivity contribution in [1.29, 1.82) is 0 Å². The predicted octanol–water partition coefficient (Wildman–Crippen LogP) is 1.09. The topological polar surface area (TPSA) is 139 Å². The summed E-state index contributed by atoms with van der Waals surface area (Å²) in [5.74, 6) is -1.29. The molecule has 0 aliphatic carbocycles. The third-order valence-electron chi connectivity index (χ3n) is 4.55. The van der Waals surface area contributed by atoms with Gasteiger partial charge in [-0.1, -0.05) is 12.1 Å². The molecule has 0 spiro atoms. The molecule has 31 heavy (non-hydrogen) atoms. The van der Waals surface area contributed by atoms with Crippen LogP contribution in [0.3, 0.4) is 0 Å². The molecule has 0 aromatic heterocycles. The van der Waals surface area contributed by atoms with E-state index < -0.39 is 21.8 Å². The number of benzene rings is 2. The van der Waals surface area contributed by atoms with E-state index in [0.717, 1.165) is 5.56 Å². The normalized spacial score (nSPS) is 15.0. The first-order chi connectivity index (χ1) is 14.7. The number of carbonyl (C=O) groups is 3. The van der Waals surface area contributed by atoms with Crippen molar-refractivity contribution in [3.63, 3.8) is 0 Å². The number of hydrogen-bond acceptors (Lipinski definition) is 5. The smallest absolute Gasteiger partial charge is 0.251 e. The third-order valence-corrected chi connectivity index (χ3v) is 6.41. The molecule has 0 atom stereocenters. The Bertz CT molecular complexity index is 1110. The Morgan fingerprint density at radius 1 is 1.03 bits per heavy atom. The molecule has 3 amide bonds. The Morgan fingerprint density at radius 3 is 2.29 bits per heavy atom. The van der Waals surface area contributed by atoms with Crippen molar-refractivity contribution >= 4 is 45.2 Å². The minimum Gasteiger partial charge on any atom is -0.368 e. The molecule has 1 saturated heterocycles. The highest BCUT2D eigenvalue weighted by atomic mass is 32.2. The van der Waals surface area contributed by atoms with Crippen LogP contribution in [0.5, 0.6) is 0 Å². The van der Waals surface area contributed by atoms with Crippen LogP contribution in [0.2, 0.25) is 0 Å². The van der Waals surface area contributed by atoms with Gasteiger partial charge in [0.2, 0.25) is 21.8 Å². The summed E-state index contributed by atoms with van der Waals surface area (Å²) in [7, 11) is -3.22. The lowest BCUT2D eigenvalue weighted by Gasteiger charge is -2.16. The number of primary amides is 1. The zero-order valence-electron chi connectivity index (χ0n) is 16.6. The van der Waals surface area contributed by atoms with Crippen molar-refractivity contribution < 1.29 is 22.8 Å². The molecular weight excluding hydrogens is 420 g/mol. The number of amides is 3. The quantitative estimate of drug-likeness (QED) is 0.551. The number of rotatable bonds is 7. The monoisotopic (exact) mass is 442 g/mol. The van der Waals surface area contributed by atoms with E-state index in [1.165, 1.54) is 22.5 Å². The van der Waals surface area contributed by atoms with Crippen molar-refractivity contribution in [3.8, 4) is 0 Å². The van der Waals surface area contributed by atoms with E-state index in [1.54, 1.807) is 42.5 Å². The molecule has 162 valence electrons. The fourth-order valence-electron chi connectivity index (χ4n) is 3.01. The summed E-state index contributed by atoms with van der Waals surface area (Å²) in [5, 5.41) is 5.05. The summed E-state index contributed by atoms with van der Waals surface area (Å²) in [6.45, 7) is 0.225. The molecule has 4 N–H and O–H groups in total. The second kappa shape index (κ2) is 9.43. The van der Waals surface area contributed by atoms with E-state index in [2.05, 4.69) is 10.6 Å². The second-order valence-electron chi connectivity index (χ2n) is 6.88. The Balaban J connectivity index is 1.55. The molecule has 9 nitrogen and oxygen atoms in total. The maximum Gasteiger partial charge on any atom is 0.251 e. The number of sulfonamides is 1. The molecule has 0 unspecified atom stereocenters. The largest absolute Gasteiger partial charge is 0.368 e. The minimum atomic E-state index is -3.22. The highest BCUT2D eigenvalue weighted by Gasteiger charge is 2.28. The number of nitrogens with two attached hydrogens (primary N) is 1.